The number of ether oxygens (including phenoxy) is 1. The number of fused-ring (bicyclic) bond motifs is 1. The molecule has 1 unspecified atom stereocenters. The van der Waals surface area contributed by atoms with Gasteiger partial charge in [0.2, 0.25) is 0 Å². The molecule has 0 spiro atoms. The highest BCUT2D eigenvalue weighted by molar-refractivity contribution is 5.94. The SMILES string of the molecule is COc1ccc2oc(C(C)NC(=O)N3CCN(C(=O)c4ccccc4F)CC3)c(C)c2c1. The number of furan rings is 1. The summed E-state index contributed by atoms with van der Waals surface area (Å²) in [6.07, 6.45) is 0. The van der Waals surface area contributed by atoms with Crippen molar-refractivity contribution in [3.63, 3.8) is 0 Å². The Balaban J connectivity index is 1.38. The molecule has 7 nitrogen and oxygen atoms in total. The van der Waals surface area contributed by atoms with E-state index in [2.05, 4.69) is 5.32 Å². The number of aryl methyl sites for hydroxylation is 1. The number of nitrogens with one attached hydrogen (secondary N) is 1. The Kier molecular flexibility index (Phi) is 6.03. The van der Waals surface area contributed by atoms with Gasteiger partial charge in [-0.1, -0.05) is 12.1 Å². The molecule has 0 saturated carbocycles. The lowest BCUT2D eigenvalue weighted by Gasteiger charge is -2.35. The van der Waals surface area contributed by atoms with Gasteiger partial charge in [0.05, 0.1) is 18.7 Å². The van der Waals surface area contributed by atoms with Crippen LogP contribution >= 0.6 is 0 Å². The molecule has 168 valence electrons. The van der Waals surface area contributed by atoms with Crippen molar-refractivity contribution >= 4 is 22.9 Å². The first-order chi connectivity index (χ1) is 15.4. The zero-order valence-electron chi connectivity index (χ0n) is 18.4. The van der Waals surface area contributed by atoms with Gasteiger partial charge < -0.3 is 24.3 Å². The molecule has 2 heterocycles. The Bertz CT molecular complexity index is 1150. The van der Waals surface area contributed by atoms with Crippen LogP contribution in [0.15, 0.2) is 46.9 Å². The number of halogens is 1. The molecule has 1 N–H and O–H groups in total. The molecule has 3 aromatic rings. The summed E-state index contributed by atoms with van der Waals surface area (Å²) in [6.45, 7) is 5.26. The molecule has 0 aliphatic carbocycles. The van der Waals surface area contributed by atoms with Crippen molar-refractivity contribution in [2.45, 2.75) is 19.9 Å². The summed E-state index contributed by atoms with van der Waals surface area (Å²) in [5.74, 6) is 0.539. The zero-order chi connectivity index (χ0) is 22.8. The zero-order valence-corrected chi connectivity index (χ0v) is 18.4. The van der Waals surface area contributed by atoms with E-state index in [0.717, 1.165) is 22.3 Å². The number of piperazine rings is 1. The van der Waals surface area contributed by atoms with E-state index in [9.17, 15) is 14.0 Å². The number of amides is 3. The molecule has 1 aliphatic rings. The van der Waals surface area contributed by atoms with Crippen LogP contribution in [0.2, 0.25) is 0 Å². The molecule has 0 bridgehead atoms. The van der Waals surface area contributed by atoms with E-state index in [1.807, 2.05) is 32.0 Å². The average molecular weight is 439 g/mol. The Morgan fingerprint density at radius 1 is 1.09 bits per heavy atom. The highest BCUT2D eigenvalue weighted by Gasteiger charge is 2.27. The van der Waals surface area contributed by atoms with Crippen molar-refractivity contribution in [1.82, 2.24) is 15.1 Å². The van der Waals surface area contributed by atoms with Crippen LogP contribution in [0.5, 0.6) is 5.75 Å². The summed E-state index contributed by atoms with van der Waals surface area (Å²) in [4.78, 5) is 28.6. The van der Waals surface area contributed by atoms with Crippen molar-refractivity contribution in [3.05, 3.63) is 65.2 Å². The molecule has 1 atom stereocenters. The third-order valence-electron chi connectivity index (χ3n) is 5.87. The third kappa shape index (κ3) is 4.12. The van der Waals surface area contributed by atoms with Gasteiger partial charge in [-0.2, -0.15) is 0 Å². The Labute approximate surface area is 185 Å². The summed E-state index contributed by atoms with van der Waals surface area (Å²) in [5.41, 5.74) is 1.74. The van der Waals surface area contributed by atoms with Crippen molar-refractivity contribution in [2.75, 3.05) is 33.3 Å². The number of hydrogen-bond acceptors (Lipinski definition) is 4. The van der Waals surface area contributed by atoms with E-state index >= 15 is 0 Å². The van der Waals surface area contributed by atoms with Crippen molar-refractivity contribution in [2.24, 2.45) is 0 Å². The van der Waals surface area contributed by atoms with Gasteiger partial charge in [0.15, 0.2) is 0 Å². The first-order valence-electron chi connectivity index (χ1n) is 10.6. The summed E-state index contributed by atoms with van der Waals surface area (Å²) < 4.78 is 25.2. The molecule has 0 radical (unpaired) electrons. The molecular weight excluding hydrogens is 413 g/mol. The van der Waals surface area contributed by atoms with E-state index in [1.165, 1.54) is 12.1 Å². The smallest absolute Gasteiger partial charge is 0.318 e. The Morgan fingerprint density at radius 3 is 2.47 bits per heavy atom. The second-order valence-electron chi connectivity index (χ2n) is 7.88. The molecule has 1 saturated heterocycles. The fourth-order valence-corrected chi connectivity index (χ4v) is 4.02. The van der Waals surface area contributed by atoms with Crippen LogP contribution < -0.4 is 10.1 Å². The van der Waals surface area contributed by atoms with Gasteiger partial charge in [-0.25, -0.2) is 9.18 Å². The number of benzene rings is 2. The summed E-state index contributed by atoms with van der Waals surface area (Å²) in [6, 6.07) is 11.0. The fraction of sp³-hybridized carbons (Fsp3) is 0.333. The predicted molar refractivity (Wildman–Crippen MR) is 118 cm³/mol. The van der Waals surface area contributed by atoms with Crippen LogP contribution in [0, 0.1) is 12.7 Å². The van der Waals surface area contributed by atoms with Crippen LogP contribution in [-0.2, 0) is 0 Å². The number of nitrogens with zero attached hydrogens (tertiary/aromatic N) is 2. The van der Waals surface area contributed by atoms with Crippen LogP contribution in [0.3, 0.4) is 0 Å². The minimum Gasteiger partial charge on any atom is -0.497 e. The number of urea groups is 1. The van der Waals surface area contributed by atoms with Crippen molar-refractivity contribution in [3.8, 4) is 5.75 Å². The highest BCUT2D eigenvalue weighted by atomic mass is 19.1. The highest BCUT2D eigenvalue weighted by Crippen LogP contribution is 2.32. The van der Waals surface area contributed by atoms with Gasteiger partial charge in [-0.3, -0.25) is 4.79 Å². The van der Waals surface area contributed by atoms with Crippen LogP contribution in [-0.4, -0.2) is 55.0 Å². The molecule has 1 aromatic heterocycles. The average Bonchev–Trinajstić information content (AvgIpc) is 3.15. The largest absolute Gasteiger partial charge is 0.497 e. The quantitative estimate of drug-likeness (QED) is 0.664. The maximum atomic E-state index is 13.9. The molecule has 3 amide bonds. The Morgan fingerprint density at radius 2 is 1.78 bits per heavy atom. The van der Waals surface area contributed by atoms with Gasteiger partial charge in [0.1, 0.15) is 22.9 Å². The summed E-state index contributed by atoms with van der Waals surface area (Å²) >= 11 is 0. The maximum absolute atomic E-state index is 13.9. The van der Waals surface area contributed by atoms with Gasteiger partial charge in [-0.05, 0) is 44.2 Å². The van der Waals surface area contributed by atoms with Crippen molar-refractivity contribution < 1.29 is 23.1 Å². The van der Waals surface area contributed by atoms with Crippen LogP contribution in [0.25, 0.3) is 11.0 Å². The minimum absolute atomic E-state index is 0.0519. The standard InChI is InChI=1S/C24H26FN3O4/c1-15-19-14-17(31-3)8-9-21(19)32-22(15)16(2)26-24(30)28-12-10-27(11-13-28)23(29)18-6-4-5-7-20(18)25/h4-9,14,16H,10-13H2,1-3H3,(H,26,30). The minimum atomic E-state index is -0.537. The molecule has 1 fully saturated rings. The van der Waals surface area contributed by atoms with E-state index < -0.39 is 5.82 Å². The lowest BCUT2D eigenvalue weighted by molar-refractivity contribution is 0.0658. The van der Waals surface area contributed by atoms with Gasteiger partial charge in [0, 0.05) is 37.1 Å². The monoisotopic (exact) mass is 439 g/mol. The molecule has 1 aliphatic heterocycles. The fourth-order valence-electron chi connectivity index (χ4n) is 4.02. The number of methoxy groups -OCH3 is 1. The van der Waals surface area contributed by atoms with Crippen LogP contribution in [0.4, 0.5) is 9.18 Å². The molecule has 8 heteroatoms. The number of carbonyl (C=O) groups is 2. The number of hydrogen-bond donors (Lipinski definition) is 1. The van der Waals surface area contributed by atoms with E-state index in [-0.39, 0.29) is 23.5 Å². The topological polar surface area (TPSA) is 75.0 Å². The Hall–Kier alpha value is -3.55. The third-order valence-corrected chi connectivity index (χ3v) is 5.87. The summed E-state index contributed by atoms with van der Waals surface area (Å²) in [7, 11) is 1.62. The number of carbonyl (C=O) groups excluding carboxylic acids is 2. The maximum Gasteiger partial charge on any atom is 0.318 e. The second kappa shape index (κ2) is 8.90. The van der Waals surface area contributed by atoms with Crippen LogP contribution in [0.1, 0.15) is 34.6 Å². The molecule has 2 aromatic carbocycles. The predicted octanol–water partition coefficient (Wildman–Crippen LogP) is 4.12. The molecular formula is C24H26FN3O4. The van der Waals surface area contributed by atoms with E-state index in [1.54, 1.807) is 29.0 Å². The first kappa shape index (κ1) is 21.7. The van der Waals surface area contributed by atoms with Crippen molar-refractivity contribution in [1.29, 1.82) is 0 Å². The molecule has 4 rings (SSSR count). The number of rotatable bonds is 4. The summed E-state index contributed by atoms with van der Waals surface area (Å²) in [5, 5.41) is 3.92. The van der Waals surface area contributed by atoms with E-state index in [4.69, 9.17) is 9.15 Å². The van der Waals surface area contributed by atoms with Gasteiger partial charge in [-0.15, -0.1) is 0 Å². The van der Waals surface area contributed by atoms with Gasteiger partial charge in [0.25, 0.3) is 5.91 Å². The van der Waals surface area contributed by atoms with E-state index in [0.29, 0.717) is 31.9 Å². The molecule has 32 heavy (non-hydrogen) atoms. The second-order valence-corrected chi connectivity index (χ2v) is 7.88. The lowest BCUT2D eigenvalue weighted by Crippen LogP contribution is -2.53. The normalized spacial score (nSPS) is 15.0. The van der Waals surface area contributed by atoms with Gasteiger partial charge >= 0.3 is 6.03 Å². The lowest BCUT2D eigenvalue weighted by atomic mass is 10.1. The first-order valence-corrected chi connectivity index (χ1v) is 10.6.